The van der Waals surface area contributed by atoms with Crippen molar-refractivity contribution in [2.24, 2.45) is 0 Å². The summed E-state index contributed by atoms with van der Waals surface area (Å²) in [5.41, 5.74) is -0.505. The van der Waals surface area contributed by atoms with Gasteiger partial charge in [0.25, 0.3) is 0 Å². The van der Waals surface area contributed by atoms with Crippen LogP contribution in [-0.2, 0) is 15.5 Å². The van der Waals surface area contributed by atoms with Crippen LogP contribution in [0.25, 0.3) is 0 Å². The third-order valence-corrected chi connectivity index (χ3v) is 5.63. The minimum absolute atomic E-state index is 0.0394. The first kappa shape index (κ1) is 17.5. The Bertz CT molecular complexity index is 554. The molecule has 1 aromatic carbocycles. The maximum absolute atomic E-state index is 12.7. The average Bonchev–Trinajstić information content (AvgIpc) is 2.46. The highest BCUT2D eigenvalue weighted by Gasteiger charge is 2.30. The molecule has 0 aliphatic carbocycles. The molecule has 1 aromatic rings. The first-order valence-electron chi connectivity index (χ1n) is 7.40. The molecule has 1 aliphatic heterocycles. The number of likely N-dealkylation sites (tertiary alicyclic amines) is 1. The molecule has 22 heavy (non-hydrogen) atoms. The molecule has 1 heterocycles. The van der Waals surface area contributed by atoms with Crippen LogP contribution in [0.4, 0.5) is 4.79 Å². The number of hydrogen-bond donors (Lipinski definition) is 0. The Balaban J connectivity index is 2.02. The smallest absolute Gasteiger partial charge is 0.410 e. The van der Waals surface area contributed by atoms with Crippen LogP contribution in [0.2, 0.25) is 0 Å². The molecule has 1 fully saturated rings. The van der Waals surface area contributed by atoms with Crippen LogP contribution in [0, 0.1) is 0 Å². The minimum Gasteiger partial charge on any atom is -0.444 e. The van der Waals surface area contributed by atoms with Gasteiger partial charge in [-0.3, -0.25) is 4.21 Å². The quantitative estimate of drug-likeness (QED) is 0.771. The Labute approximate surface area is 142 Å². The highest BCUT2D eigenvalue weighted by molar-refractivity contribution is 9.10. The molecule has 4 nitrogen and oxygen atoms in total. The Morgan fingerprint density at radius 1 is 1.32 bits per heavy atom. The van der Waals surface area contributed by atoms with Crippen molar-refractivity contribution < 1.29 is 13.7 Å². The second-order valence-corrected chi connectivity index (χ2v) is 9.09. The lowest BCUT2D eigenvalue weighted by atomic mass is 10.1. The van der Waals surface area contributed by atoms with Crippen molar-refractivity contribution in [3.8, 4) is 0 Å². The van der Waals surface area contributed by atoms with Gasteiger partial charge >= 0.3 is 6.09 Å². The van der Waals surface area contributed by atoms with Crippen LogP contribution < -0.4 is 0 Å². The SMILES string of the molecule is CC(C)(C)OC(=O)N1CCCC(S(=O)c2ccc(Br)cc2)C1. The first-order chi connectivity index (χ1) is 10.3. The van der Waals surface area contributed by atoms with Crippen molar-refractivity contribution in [1.29, 1.82) is 0 Å². The maximum atomic E-state index is 12.7. The van der Waals surface area contributed by atoms with E-state index in [4.69, 9.17) is 4.74 Å². The fraction of sp³-hybridized carbons (Fsp3) is 0.562. The molecule has 0 spiro atoms. The molecule has 0 radical (unpaired) electrons. The normalized spacial score (nSPS) is 20.5. The van der Waals surface area contributed by atoms with E-state index in [1.54, 1.807) is 4.90 Å². The van der Waals surface area contributed by atoms with Crippen molar-refractivity contribution in [2.75, 3.05) is 13.1 Å². The van der Waals surface area contributed by atoms with E-state index >= 15 is 0 Å². The van der Waals surface area contributed by atoms with Gasteiger partial charge in [0.1, 0.15) is 5.60 Å². The number of rotatable bonds is 2. The molecule has 1 saturated heterocycles. The van der Waals surface area contributed by atoms with E-state index in [0.717, 1.165) is 22.2 Å². The first-order valence-corrected chi connectivity index (χ1v) is 9.41. The lowest BCUT2D eigenvalue weighted by Gasteiger charge is -2.33. The Hall–Kier alpha value is -0.880. The number of nitrogens with zero attached hydrogens (tertiary/aromatic N) is 1. The summed E-state index contributed by atoms with van der Waals surface area (Å²) >= 11 is 3.38. The van der Waals surface area contributed by atoms with Gasteiger partial charge < -0.3 is 9.64 Å². The number of hydrogen-bond acceptors (Lipinski definition) is 3. The summed E-state index contributed by atoms with van der Waals surface area (Å²) < 4.78 is 19.1. The van der Waals surface area contributed by atoms with E-state index < -0.39 is 16.4 Å². The highest BCUT2D eigenvalue weighted by Crippen LogP contribution is 2.23. The topological polar surface area (TPSA) is 46.6 Å². The predicted octanol–water partition coefficient (Wildman–Crippen LogP) is 3.96. The van der Waals surface area contributed by atoms with Gasteiger partial charge in [-0.1, -0.05) is 15.9 Å². The lowest BCUT2D eigenvalue weighted by molar-refractivity contribution is 0.0219. The fourth-order valence-electron chi connectivity index (χ4n) is 2.37. The van der Waals surface area contributed by atoms with Crippen molar-refractivity contribution in [1.82, 2.24) is 4.90 Å². The second-order valence-electron chi connectivity index (χ2n) is 6.44. The van der Waals surface area contributed by atoms with Crippen LogP contribution in [-0.4, -0.2) is 39.1 Å². The summed E-state index contributed by atoms with van der Waals surface area (Å²) in [4.78, 5) is 14.6. The van der Waals surface area contributed by atoms with Gasteiger partial charge in [-0.05, 0) is 57.9 Å². The van der Waals surface area contributed by atoms with Crippen LogP contribution in [0.1, 0.15) is 33.6 Å². The van der Waals surface area contributed by atoms with E-state index in [2.05, 4.69) is 15.9 Å². The number of carbonyl (C=O) groups excluding carboxylic acids is 1. The Morgan fingerprint density at radius 2 is 1.95 bits per heavy atom. The molecule has 122 valence electrons. The molecular formula is C16H22BrNO3S. The molecule has 1 aliphatic rings. The molecule has 0 saturated carbocycles. The van der Waals surface area contributed by atoms with Gasteiger partial charge in [0.2, 0.25) is 0 Å². The van der Waals surface area contributed by atoms with Gasteiger partial charge in [0.15, 0.2) is 0 Å². The second kappa shape index (κ2) is 7.13. The summed E-state index contributed by atoms with van der Waals surface area (Å²) in [5, 5.41) is -0.0394. The van der Waals surface area contributed by atoms with Crippen LogP contribution >= 0.6 is 15.9 Å². The molecule has 2 unspecified atom stereocenters. The van der Waals surface area contributed by atoms with E-state index in [1.165, 1.54) is 0 Å². The third-order valence-electron chi connectivity index (χ3n) is 3.38. The van der Waals surface area contributed by atoms with Crippen molar-refractivity contribution >= 4 is 32.8 Å². The summed E-state index contributed by atoms with van der Waals surface area (Å²) in [6.45, 7) is 6.71. The van der Waals surface area contributed by atoms with Gasteiger partial charge in [0.05, 0.1) is 16.0 Å². The minimum atomic E-state index is -1.11. The lowest BCUT2D eigenvalue weighted by Crippen LogP contribution is -2.45. The van der Waals surface area contributed by atoms with E-state index in [-0.39, 0.29) is 11.3 Å². The number of carbonyl (C=O) groups is 1. The fourth-order valence-corrected chi connectivity index (χ4v) is 4.12. The van der Waals surface area contributed by atoms with Crippen LogP contribution in [0.15, 0.2) is 33.6 Å². The van der Waals surface area contributed by atoms with Gasteiger partial charge in [-0.2, -0.15) is 0 Å². The largest absolute Gasteiger partial charge is 0.444 e. The van der Waals surface area contributed by atoms with E-state index in [9.17, 15) is 9.00 Å². The van der Waals surface area contributed by atoms with Gasteiger partial charge in [-0.15, -0.1) is 0 Å². The van der Waals surface area contributed by atoms with Crippen molar-refractivity contribution in [3.63, 3.8) is 0 Å². The molecule has 0 aromatic heterocycles. The monoisotopic (exact) mass is 387 g/mol. The highest BCUT2D eigenvalue weighted by atomic mass is 79.9. The summed E-state index contributed by atoms with van der Waals surface area (Å²) in [6, 6.07) is 7.52. The zero-order valence-electron chi connectivity index (χ0n) is 13.2. The summed E-state index contributed by atoms with van der Waals surface area (Å²) in [6.07, 6.45) is 1.40. The molecule has 0 N–H and O–H groups in total. The van der Waals surface area contributed by atoms with Crippen molar-refractivity contribution in [3.05, 3.63) is 28.7 Å². The zero-order chi connectivity index (χ0) is 16.3. The van der Waals surface area contributed by atoms with Gasteiger partial charge in [0, 0.05) is 22.5 Å². The zero-order valence-corrected chi connectivity index (χ0v) is 15.6. The predicted molar refractivity (Wildman–Crippen MR) is 91.4 cm³/mol. The average molecular weight is 388 g/mol. The standard InChI is InChI=1S/C16H22BrNO3S/c1-16(2,3)21-15(19)18-10-4-5-14(11-18)22(20)13-8-6-12(17)7-9-13/h6-9,14H,4-5,10-11H2,1-3H3. The summed E-state index contributed by atoms with van der Waals surface area (Å²) in [7, 11) is -1.11. The Kier molecular flexibility index (Phi) is 5.66. The van der Waals surface area contributed by atoms with E-state index in [0.29, 0.717) is 13.1 Å². The Morgan fingerprint density at radius 3 is 2.55 bits per heavy atom. The molecule has 1 amide bonds. The van der Waals surface area contributed by atoms with Crippen molar-refractivity contribution in [2.45, 2.75) is 49.4 Å². The summed E-state index contributed by atoms with van der Waals surface area (Å²) in [5.74, 6) is 0. The van der Waals surface area contributed by atoms with Gasteiger partial charge in [-0.25, -0.2) is 4.79 Å². The van der Waals surface area contributed by atoms with E-state index in [1.807, 2.05) is 45.0 Å². The number of piperidine rings is 1. The molecule has 6 heteroatoms. The van der Waals surface area contributed by atoms with Crippen LogP contribution in [0.5, 0.6) is 0 Å². The third kappa shape index (κ3) is 4.81. The number of amides is 1. The molecule has 2 rings (SSSR count). The number of benzene rings is 1. The maximum Gasteiger partial charge on any atom is 0.410 e. The number of ether oxygens (including phenoxy) is 1. The van der Waals surface area contributed by atoms with Crippen LogP contribution in [0.3, 0.4) is 0 Å². The number of halogens is 1. The molecular weight excluding hydrogens is 366 g/mol. The molecule has 0 bridgehead atoms. The molecule has 2 atom stereocenters.